The first-order valence-electron chi connectivity index (χ1n) is 3.97. The molecule has 0 saturated carbocycles. The van der Waals surface area contributed by atoms with Gasteiger partial charge in [0.25, 0.3) is 0 Å². The largest absolute Gasteiger partial charge is 0.157 e. The zero-order valence-electron chi connectivity index (χ0n) is 7.13. The highest BCUT2D eigenvalue weighted by atomic mass is 32.2. The molecule has 1 aromatic rings. The Kier molecular flexibility index (Phi) is 3.50. The van der Waals surface area contributed by atoms with Gasteiger partial charge in [-0.3, -0.25) is 0 Å². The van der Waals surface area contributed by atoms with Crippen molar-refractivity contribution in [3.63, 3.8) is 0 Å². The number of hydrogen-bond acceptors (Lipinski definition) is 1. The van der Waals surface area contributed by atoms with Crippen LogP contribution in [0.25, 0.3) is 0 Å². The molecule has 1 rings (SSSR count). The monoisotopic (exact) mass is 166 g/mol. The second-order valence-corrected chi connectivity index (χ2v) is 3.84. The van der Waals surface area contributed by atoms with E-state index in [4.69, 9.17) is 0 Å². The van der Waals surface area contributed by atoms with E-state index in [1.165, 1.54) is 16.9 Å². The third kappa shape index (κ3) is 2.58. The second kappa shape index (κ2) is 4.45. The molecule has 0 bridgehead atoms. The van der Waals surface area contributed by atoms with Crippen LogP contribution in [0.2, 0.25) is 0 Å². The average molecular weight is 166 g/mol. The lowest BCUT2D eigenvalue weighted by Gasteiger charge is -2.02. The first kappa shape index (κ1) is 8.66. The lowest BCUT2D eigenvalue weighted by atomic mass is 10.1. The molecule has 0 nitrogen and oxygen atoms in total. The van der Waals surface area contributed by atoms with Crippen molar-refractivity contribution in [2.24, 2.45) is 0 Å². The van der Waals surface area contributed by atoms with E-state index in [2.05, 4.69) is 38.1 Å². The minimum Gasteiger partial charge on any atom is -0.157 e. The van der Waals surface area contributed by atoms with Gasteiger partial charge in [0.05, 0.1) is 0 Å². The van der Waals surface area contributed by atoms with E-state index < -0.39 is 0 Å². The van der Waals surface area contributed by atoms with Crippen LogP contribution < -0.4 is 0 Å². The summed E-state index contributed by atoms with van der Waals surface area (Å²) in [5, 5.41) is 0. The molecule has 0 radical (unpaired) electrons. The normalized spacial score (nSPS) is 10.0. The molecule has 0 amide bonds. The summed E-state index contributed by atoms with van der Waals surface area (Å²) in [4.78, 5) is 0. The van der Waals surface area contributed by atoms with Gasteiger partial charge in [0.2, 0.25) is 0 Å². The fourth-order valence-electron chi connectivity index (χ4n) is 0.984. The molecule has 0 aliphatic carbocycles. The molecular weight excluding hydrogens is 152 g/mol. The van der Waals surface area contributed by atoms with E-state index in [9.17, 15) is 0 Å². The van der Waals surface area contributed by atoms with E-state index in [0.29, 0.717) is 0 Å². The number of rotatable bonds is 3. The van der Waals surface area contributed by atoms with Crippen LogP contribution in [-0.2, 0) is 5.75 Å². The summed E-state index contributed by atoms with van der Waals surface area (Å²) in [6, 6.07) is 8.58. The van der Waals surface area contributed by atoms with Crippen molar-refractivity contribution in [1.29, 1.82) is 0 Å². The summed E-state index contributed by atoms with van der Waals surface area (Å²) >= 11 is 1.98. The minimum absolute atomic E-state index is 1.16. The third-order valence-electron chi connectivity index (χ3n) is 1.72. The zero-order chi connectivity index (χ0) is 8.10. The highest BCUT2D eigenvalue weighted by Crippen LogP contribution is 2.14. The number of hydrogen-bond donors (Lipinski definition) is 0. The first-order chi connectivity index (χ1) is 5.34. The molecule has 0 aliphatic heterocycles. The van der Waals surface area contributed by atoms with Crippen LogP contribution in [-0.4, -0.2) is 5.75 Å². The quantitative estimate of drug-likeness (QED) is 0.664. The Morgan fingerprint density at radius 3 is 2.64 bits per heavy atom. The lowest BCUT2D eigenvalue weighted by molar-refractivity contribution is 1.30. The Balaban J connectivity index is 2.62. The molecule has 0 unspecified atom stereocenters. The highest BCUT2D eigenvalue weighted by molar-refractivity contribution is 7.98. The van der Waals surface area contributed by atoms with Crippen LogP contribution in [0.4, 0.5) is 0 Å². The Morgan fingerprint density at radius 1 is 1.27 bits per heavy atom. The van der Waals surface area contributed by atoms with Gasteiger partial charge in [-0.05, 0) is 23.8 Å². The molecule has 0 N–H and O–H groups in total. The molecule has 0 atom stereocenters. The lowest BCUT2D eigenvalue weighted by Crippen LogP contribution is -1.84. The standard InChI is InChI=1S/C10H14S/c1-3-11-8-10-7-5-4-6-9(10)2/h4-7H,3,8H2,1-2H3. The van der Waals surface area contributed by atoms with Crippen LogP contribution in [0, 0.1) is 6.92 Å². The van der Waals surface area contributed by atoms with Crippen molar-refractivity contribution in [3.05, 3.63) is 35.4 Å². The highest BCUT2D eigenvalue weighted by Gasteiger charge is 1.94. The molecular formula is C10H14S. The Hall–Kier alpha value is -0.430. The summed E-state index contributed by atoms with van der Waals surface area (Å²) in [5.74, 6) is 2.36. The van der Waals surface area contributed by atoms with Gasteiger partial charge < -0.3 is 0 Å². The molecule has 0 aliphatic rings. The number of thioether (sulfide) groups is 1. The summed E-state index contributed by atoms with van der Waals surface area (Å²) in [7, 11) is 0. The number of aryl methyl sites for hydroxylation is 1. The third-order valence-corrected chi connectivity index (χ3v) is 2.65. The van der Waals surface area contributed by atoms with E-state index in [1.807, 2.05) is 11.8 Å². The van der Waals surface area contributed by atoms with Crippen molar-refractivity contribution in [2.75, 3.05) is 5.75 Å². The fourth-order valence-corrected chi connectivity index (χ4v) is 1.73. The maximum absolute atomic E-state index is 2.21. The molecule has 1 aromatic carbocycles. The van der Waals surface area contributed by atoms with E-state index in [0.717, 1.165) is 5.75 Å². The van der Waals surface area contributed by atoms with Crippen LogP contribution in [0.1, 0.15) is 18.1 Å². The number of benzene rings is 1. The zero-order valence-corrected chi connectivity index (χ0v) is 7.95. The van der Waals surface area contributed by atoms with Crippen LogP contribution in [0.15, 0.2) is 24.3 Å². The van der Waals surface area contributed by atoms with Crippen molar-refractivity contribution >= 4 is 11.8 Å². The van der Waals surface area contributed by atoms with Gasteiger partial charge in [0.15, 0.2) is 0 Å². The predicted molar refractivity (Wildman–Crippen MR) is 53.0 cm³/mol. The van der Waals surface area contributed by atoms with Gasteiger partial charge >= 0.3 is 0 Å². The minimum atomic E-state index is 1.16. The maximum atomic E-state index is 2.21. The van der Waals surface area contributed by atoms with Gasteiger partial charge in [-0.2, -0.15) is 11.8 Å². The van der Waals surface area contributed by atoms with Crippen LogP contribution in [0.5, 0.6) is 0 Å². The fraction of sp³-hybridized carbons (Fsp3) is 0.400. The smallest absolute Gasteiger partial charge is 0.0187 e. The SMILES string of the molecule is CCSCc1ccccc1C. The summed E-state index contributed by atoms with van der Waals surface area (Å²) in [6.45, 7) is 4.37. The van der Waals surface area contributed by atoms with Gasteiger partial charge in [-0.15, -0.1) is 0 Å². The van der Waals surface area contributed by atoms with Crippen LogP contribution in [0.3, 0.4) is 0 Å². The van der Waals surface area contributed by atoms with Crippen molar-refractivity contribution in [1.82, 2.24) is 0 Å². The summed E-state index contributed by atoms with van der Waals surface area (Å²) in [5.41, 5.74) is 2.88. The second-order valence-electron chi connectivity index (χ2n) is 2.56. The predicted octanol–water partition coefficient (Wildman–Crippen LogP) is 3.25. The van der Waals surface area contributed by atoms with E-state index in [1.54, 1.807) is 0 Å². The topological polar surface area (TPSA) is 0 Å². The first-order valence-corrected chi connectivity index (χ1v) is 5.12. The molecule has 0 saturated heterocycles. The van der Waals surface area contributed by atoms with Gasteiger partial charge in [0, 0.05) is 5.75 Å². The Bertz CT molecular complexity index is 218. The average Bonchev–Trinajstić information content (AvgIpc) is 2.03. The maximum Gasteiger partial charge on any atom is 0.0187 e. The Labute approximate surface area is 73.0 Å². The summed E-state index contributed by atoms with van der Waals surface area (Å²) < 4.78 is 0. The molecule has 1 heteroatoms. The molecule has 11 heavy (non-hydrogen) atoms. The van der Waals surface area contributed by atoms with E-state index in [-0.39, 0.29) is 0 Å². The molecule has 0 heterocycles. The van der Waals surface area contributed by atoms with Crippen LogP contribution >= 0.6 is 11.8 Å². The van der Waals surface area contributed by atoms with Gasteiger partial charge in [-0.25, -0.2) is 0 Å². The van der Waals surface area contributed by atoms with Gasteiger partial charge in [0.1, 0.15) is 0 Å². The summed E-state index contributed by atoms with van der Waals surface area (Å²) in [6.07, 6.45) is 0. The molecule has 0 fully saturated rings. The van der Waals surface area contributed by atoms with Crippen molar-refractivity contribution < 1.29 is 0 Å². The van der Waals surface area contributed by atoms with Crippen molar-refractivity contribution in [3.8, 4) is 0 Å². The van der Waals surface area contributed by atoms with E-state index >= 15 is 0 Å². The molecule has 0 aromatic heterocycles. The van der Waals surface area contributed by atoms with Crippen molar-refractivity contribution in [2.45, 2.75) is 19.6 Å². The molecule has 0 spiro atoms. The molecule has 60 valence electrons. The Morgan fingerprint density at radius 2 is 2.00 bits per heavy atom. The van der Waals surface area contributed by atoms with Gasteiger partial charge in [-0.1, -0.05) is 31.2 Å².